The van der Waals surface area contributed by atoms with Crippen LogP contribution in [0.1, 0.15) is 125 Å². The van der Waals surface area contributed by atoms with Crippen LogP contribution in [0.25, 0.3) is 0 Å². The maximum Gasteiger partial charge on any atom is 3.00 e. The Hall–Kier alpha value is 0.0831. The summed E-state index contributed by atoms with van der Waals surface area (Å²) in [7, 11) is 0.136. The van der Waals surface area contributed by atoms with Gasteiger partial charge < -0.3 is 10.5 Å². The van der Waals surface area contributed by atoms with Gasteiger partial charge in [0.15, 0.2) is 0 Å². The van der Waals surface area contributed by atoms with Gasteiger partial charge in [0.25, 0.3) is 0 Å². The number of hydrogen-bond donors (Lipinski definition) is 2. The Morgan fingerprint density at radius 2 is 1.00 bits per heavy atom. The molecule has 205 valence electrons. The van der Waals surface area contributed by atoms with E-state index in [-0.39, 0.29) is 26.2 Å². The van der Waals surface area contributed by atoms with Crippen molar-refractivity contribution < 1.29 is 31.3 Å². The summed E-state index contributed by atoms with van der Waals surface area (Å²) in [5.41, 5.74) is 1.61. The van der Waals surface area contributed by atoms with Crippen molar-refractivity contribution in [3.63, 3.8) is 0 Å². The van der Waals surface area contributed by atoms with Crippen molar-refractivity contribution in [3.8, 4) is 0 Å². The Morgan fingerprint density at radius 1 is 0.694 bits per heavy atom. The molecule has 0 aliphatic heterocycles. The van der Waals surface area contributed by atoms with E-state index in [0.717, 1.165) is 12.7 Å². The van der Waals surface area contributed by atoms with Crippen molar-refractivity contribution in [2.75, 3.05) is 7.11 Å². The van der Waals surface area contributed by atoms with Gasteiger partial charge in [-0.2, -0.15) is 0 Å². The Bertz CT molecular complexity index is 571. The van der Waals surface area contributed by atoms with Crippen molar-refractivity contribution in [1.29, 1.82) is 5.41 Å². The van der Waals surface area contributed by atoms with E-state index in [1.807, 2.05) is 24.3 Å². The summed E-state index contributed by atoms with van der Waals surface area (Å²) in [5, 5.41) is 15.9. The molecule has 0 atom stereocenters. The Morgan fingerprint density at radius 3 is 1.22 bits per heavy atom. The zero-order valence-electron chi connectivity index (χ0n) is 25.0. The summed E-state index contributed by atoms with van der Waals surface area (Å²) >= 11 is 0. The van der Waals surface area contributed by atoms with Crippen molar-refractivity contribution in [1.82, 2.24) is 9.34 Å². The van der Waals surface area contributed by atoms with Crippen LogP contribution >= 0.6 is 8.22 Å². The van der Waals surface area contributed by atoms with Crippen LogP contribution in [0, 0.1) is 11.5 Å². The normalized spacial score (nSPS) is 14.9. The van der Waals surface area contributed by atoms with Gasteiger partial charge in [-0.1, -0.05) is 64.2 Å². The van der Waals surface area contributed by atoms with E-state index in [1.54, 1.807) is 0 Å². The molecular formula is C30H57N3OPZr+2. The number of rotatable bonds is 8. The molecule has 1 aromatic rings. The molecule has 6 heteroatoms. The van der Waals surface area contributed by atoms with Gasteiger partial charge in [0, 0.05) is 45.0 Å². The predicted molar refractivity (Wildman–Crippen MR) is 158 cm³/mol. The van der Waals surface area contributed by atoms with Gasteiger partial charge in [-0.3, -0.25) is 9.34 Å². The summed E-state index contributed by atoms with van der Waals surface area (Å²) in [6.45, 7) is 17.9. The van der Waals surface area contributed by atoms with Gasteiger partial charge in [0.2, 0.25) is 0 Å². The zero-order chi connectivity index (χ0) is 26.8. The number of hydrogen-bond acceptors (Lipinski definition) is 4. The van der Waals surface area contributed by atoms with Gasteiger partial charge in [-0.25, -0.2) is 0 Å². The molecule has 2 fully saturated rings. The average molecular weight is 598 g/mol. The first-order valence-corrected chi connectivity index (χ1v) is 15.3. The molecule has 3 rings (SSSR count). The summed E-state index contributed by atoms with van der Waals surface area (Å²) in [6, 6.07) is 12.7. The smallest absolute Gasteiger partial charge is 0.400 e. The first-order valence-electron chi connectivity index (χ1n) is 14.0. The van der Waals surface area contributed by atoms with E-state index < -0.39 is 8.22 Å². The van der Waals surface area contributed by atoms with Crippen molar-refractivity contribution in [2.45, 2.75) is 144 Å². The van der Waals surface area contributed by atoms with Gasteiger partial charge in [-0.05, 0) is 55.4 Å². The van der Waals surface area contributed by atoms with Crippen LogP contribution in [0.4, 0.5) is 0 Å². The van der Waals surface area contributed by atoms with Crippen LogP contribution < -0.4 is 0 Å². The molecule has 2 N–H and O–H groups in total. The quantitative estimate of drug-likeness (QED) is 0.179. The predicted octanol–water partition coefficient (Wildman–Crippen LogP) is 8.87. The Kier molecular flexibility index (Phi) is 24.4. The molecule has 0 saturated heterocycles. The van der Waals surface area contributed by atoms with Crippen LogP contribution in [0.15, 0.2) is 24.3 Å². The Balaban J connectivity index is 0. The van der Waals surface area contributed by atoms with Gasteiger partial charge in [0.1, 0.15) is 0 Å². The van der Waals surface area contributed by atoms with E-state index >= 15 is 0 Å². The summed E-state index contributed by atoms with van der Waals surface area (Å²) in [6.07, 6.45) is 15.0. The minimum atomic E-state index is -0.864. The van der Waals surface area contributed by atoms with Crippen molar-refractivity contribution in [2.24, 2.45) is 0 Å². The summed E-state index contributed by atoms with van der Waals surface area (Å²) in [5.74, 6) is 0. The Labute approximate surface area is 245 Å². The first-order chi connectivity index (χ1) is 16.7. The molecule has 0 spiro atoms. The van der Waals surface area contributed by atoms with Gasteiger partial charge >= 0.3 is 26.2 Å². The van der Waals surface area contributed by atoms with Gasteiger partial charge in [0.05, 0.1) is 0 Å². The largest absolute Gasteiger partial charge is 3.00 e. The minimum absolute atomic E-state index is 0. The topological polar surface area (TPSA) is 50.6 Å². The fraction of sp³-hybridized carbons (Fsp3) is 0.767. The number of aliphatic hydroxyl groups excluding tert-OH is 1. The van der Waals surface area contributed by atoms with Gasteiger partial charge in [-0.15, -0.1) is 35.9 Å². The molecule has 0 amide bonds. The number of nitrogens with one attached hydrogen (secondary N) is 1. The number of nitrogens with zero attached hydrogens (tertiary/aromatic N) is 2. The van der Waals surface area contributed by atoms with Crippen molar-refractivity contribution in [3.05, 3.63) is 35.9 Å². The van der Waals surface area contributed by atoms with E-state index in [1.165, 1.54) is 64.2 Å². The summed E-state index contributed by atoms with van der Waals surface area (Å²) in [4.78, 5) is 0. The third-order valence-corrected chi connectivity index (χ3v) is 9.58. The second kappa shape index (κ2) is 23.0. The molecule has 4 nitrogen and oxygen atoms in total. The van der Waals surface area contributed by atoms with Crippen molar-refractivity contribution >= 4 is 13.7 Å². The molecule has 1 radical (unpaired) electrons. The molecule has 0 aromatic heterocycles. The van der Waals surface area contributed by atoms with E-state index in [4.69, 9.17) is 10.5 Å². The fourth-order valence-corrected chi connectivity index (χ4v) is 7.64. The van der Waals surface area contributed by atoms with E-state index in [9.17, 15) is 0 Å². The molecule has 0 heterocycles. The van der Waals surface area contributed by atoms with E-state index in [2.05, 4.69) is 70.8 Å². The monoisotopic (exact) mass is 596 g/mol. The molecule has 0 unspecified atom stereocenters. The third-order valence-electron chi connectivity index (χ3n) is 6.22. The minimum Gasteiger partial charge on any atom is -0.400 e. The molecule has 2 aliphatic rings. The second-order valence-corrected chi connectivity index (χ2v) is 12.5. The molecule has 2 aliphatic carbocycles. The maximum atomic E-state index is 8.94. The van der Waals surface area contributed by atoms with E-state index in [0.29, 0.717) is 29.6 Å². The summed E-state index contributed by atoms with van der Waals surface area (Å²) < 4.78 is 5.00. The van der Waals surface area contributed by atoms with Crippen LogP contribution in [0.2, 0.25) is 0 Å². The van der Waals surface area contributed by atoms with Crippen LogP contribution in [0.3, 0.4) is 0 Å². The average Bonchev–Trinajstić information content (AvgIpc) is 3.58. The molecule has 1 aromatic carbocycles. The van der Waals surface area contributed by atoms with Crippen LogP contribution in [-0.4, -0.2) is 51.2 Å². The molecule has 0 bridgehead atoms. The second-order valence-electron chi connectivity index (χ2n) is 10.6. The van der Waals surface area contributed by atoms with Crippen LogP contribution in [0.5, 0.6) is 0 Å². The SMILES string of the molecule is C1CCCC1.C1CCCC1.CC(C)N(C(C)C)P(C(=N)c1[c-]cccc1)N(C(C)C)C(C)C.CO.[Zr+3]. The fourth-order valence-electron chi connectivity index (χ4n) is 4.83. The molecule has 2 saturated carbocycles. The first kappa shape index (κ1) is 38.2. The zero-order valence-corrected chi connectivity index (χ0v) is 28.3. The number of aliphatic hydroxyl groups is 1. The standard InChI is InChI=1S/C19H33N3P.2C5H10.CH4O.Zr/c1-14(2)21(15(3)4)23(22(16(5)6)17(7)8)19(20)18-12-10-9-11-13-18;2*1-2-4-5-3-1;1-2;/h9-12,14-17,20H,1-8H3;2*1-5H2;2H,1H3;/q-1;;;;+3. The maximum absolute atomic E-state index is 8.94. The number of benzene rings is 1. The molecule has 36 heavy (non-hydrogen) atoms. The third kappa shape index (κ3) is 14.9. The van der Waals surface area contributed by atoms with Crippen LogP contribution in [-0.2, 0) is 26.2 Å². The molecular weight excluding hydrogens is 541 g/mol.